The highest BCUT2D eigenvalue weighted by Crippen LogP contribution is 2.44. The summed E-state index contributed by atoms with van der Waals surface area (Å²) in [5.41, 5.74) is 4.59. The van der Waals surface area contributed by atoms with Gasteiger partial charge in [0.05, 0.1) is 12.5 Å². The summed E-state index contributed by atoms with van der Waals surface area (Å²) >= 11 is 0. The van der Waals surface area contributed by atoms with Gasteiger partial charge in [0.1, 0.15) is 6.61 Å². The summed E-state index contributed by atoms with van der Waals surface area (Å²) in [6.07, 6.45) is -0.610. The van der Waals surface area contributed by atoms with Crippen molar-refractivity contribution < 1.29 is 28.8 Å². The molecule has 0 bridgehead atoms. The van der Waals surface area contributed by atoms with Gasteiger partial charge >= 0.3 is 12.1 Å². The largest absolute Gasteiger partial charge is 0.481 e. The summed E-state index contributed by atoms with van der Waals surface area (Å²) in [5.74, 6) is -1.89. The molecule has 0 spiro atoms. The van der Waals surface area contributed by atoms with Gasteiger partial charge in [-0.15, -0.1) is 0 Å². The number of nitrogens with one attached hydrogen (secondary N) is 1. The molecule has 0 saturated carbocycles. The number of fused-ring (bicyclic) bond motifs is 3. The van der Waals surface area contributed by atoms with Crippen molar-refractivity contribution in [2.45, 2.75) is 26.3 Å². The van der Waals surface area contributed by atoms with E-state index in [1.54, 1.807) is 6.92 Å². The van der Waals surface area contributed by atoms with Gasteiger partial charge in [0, 0.05) is 25.1 Å². The van der Waals surface area contributed by atoms with Crippen molar-refractivity contribution in [1.82, 2.24) is 15.4 Å². The number of hydrogen-bond acceptors (Lipinski definition) is 6. The molecular formula is C26H27N3O6. The van der Waals surface area contributed by atoms with Crippen molar-refractivity contribution in [3.63, 3.8) is 0 Å². The number of hydrogen-bond donors (Lipinski definition) is 2. The zero-order valence-corrected chi connectivity index (χ0v) is 19.6. The van der Waals surface area contributed by atoms with Gasteiger partial charge in [-0.2, -0.15) is 0 Å². The van der Waals surface area contributed by atoms with Gasteiger partial charge in [0.2, 0.25) is 0 Å². The number of carboxylic acid groups (broad SMARTS) is 1. The highest BCUT2D eigenvalue weighted by Gasteiger charge is 2.29. The maximum atomic E-state index is 12.6. The van der Waals surface area contributed by atoms with Crippen LogP contribution in [0, 0.1) is 5.92 Å². The van der Waals surface area contributed by atoms with Crippen molar-refractivity contribution in [2.24, 2.45) is 5.92 Å². The maximum absolute atomic E-state index is 12.6. The van der Waals surface area contributed by atoms with Crippen LogP contribution in [-0.4, -0.2) is 52.8 Å². The number of benzene rings is 2. The van der Waals surface area contributed by atoms with Gasteiger partial charge in [-0.1, -0.05) is 60.6 Å². The number of nitrogens with zero attached hydrogens (tertiary/aromatic N) is 2. The first-order valence-corrected chi connectivity index (χ1v) is 11.5. The van der Waals surface area contributed by atoms with Crippen LogP contribution in [-0.2, 0) is 16.1 Å². The lowest BCUT2D eigenvalue weighted by Crippen LogP contribution is -2.36. The number of alkyl carbamates (subject to hydrolysis) is 1. The normalized spacial score (nSPS) is 13.0. The fraction of sp³-hybridized carbons (Fsp3) is 0.308. The van der Waals surface area contributed by atoms with Gasteiger partial charge in [-0.3, -0.25) is 9.59 Å². The molecule has 0 fully saturated rings. The van der Waals surface area contributed by atoms with Crippen LogP contribution in [0.3, 0.4) is 0 Å². The van der Waals surface area contributed by atoms with E-state index in [4.69, 9.17) is 14.4 Å². The summed E-state index contributed by atoms with van der Waals surface area (Å²) in [7, 11) is 0. The van der Waals surface area contributed by atoms with Crippen LogP contribution >= 0.6 is 0 Å². The van der Waals surface area contributed by atoms with E-state index in [2.05, 4.69) is 22.6 Å². The Morgan fingerprint density at radius 3 is 2.34 bits per heavy atom. The lowest BCUT2D eigenvalue weighted by molar-refractivity contribution is -0.141. The Balaban J connectivity index is 1.32. The number of rotatable bonds is 9. The Morgan fingerprint density at radius 1 is 1.11 bits per heavy atom. The molecule has 182 valence electrons. The van der Waals surface area contributed by atoms with Gasteiger partial charge in [-0.25, -0.2) is 4.79 Å². The number of amides is 2. The fourth-order valence-electron chi connectivity index (χ4n) is 4.23. The van der Waals surface area contributed by atoms with Crippen LogP contribution in [0.4, 0.5) is 4.79 Å². The first-order valence-electron chi connectivity index (χ1n) is 11.5. The summed E-state index contributed by atoms with van der Waals surface area (Å²) in [6.45, 7) is 3.86. The van der Waals surface area contributed by atoms with Gasteiger partial charge in [0.15, 0.2) is 11.5 Å². The van der Waals surface area contributed by atoms with Crippen LogP contribution in [0.1, 0.15) is 47.1 Å². The summed E-state index contributed by atoms with van der Waals surface area (Å²) in [4.78, 5) is 37.5. The van der Waals surface area contributed by atoms with Crippen molar-refractivity contribution in [1.29, 1.82) is 0 Å². The van der Waals surface area contributed by atoms with Crippen LogP contribution in [0.2, 0.25) is 0 Å². The minimum absolute atomic E-state index is 0.00535. The number of ether oxygens (including phenoxy) is 1. The van der Waals surface area contributed by atoms with E-state index in [1.165, 1.54) is 17.9 Å². The van der Waals surface area contributed by atoms with E-state index in [0.29, 0.717) is 6.54 Å². The molecule has 9 heteroatoms. The third kappa shape index (κ3) is 5.18. The molecule has 2 aromatic carbocycles. The predicted molar refractivity (Wildman–Crippen MR) is 127 cm³/mol. The molecule has 0 aliphatic heterocycles. The highest BCUT2D eigenvalue weighted by molar-refractivity contribution is 5.92. The lowest BCUT2D eigenvalue weighted by atomic mass is 9.98. The Morgan fingerprint density at radius 2 is 1.74 bits per heavy atom. The molecule has 4 rings (SSSR count). The highest BCUT2D eigenvalue weighted by atomic mass is 16.5. The van der Waals surface area contributed by atoms with Crippen LogP contribution in [0.15, 0.2) is 59.1 Å². The lowest BCUT2D eigenvalue weighted by Gasteiger charge is -2.21. The summed E-state index contributed by atoms with van der Waals surface area (Å²) < 4.78 is 10.7. The van der Waals surface area contributed by atoms with Crippen molar-refractivity contribution in [3.8, 4) is 11.1 Å². The fourth-order valence-corrected chi connectivity index (χ4v) is 4.23. The zero-order valence-electron chi connectivity index (χ0n) is 19.6. The molecule has 1 unspecified atom stereocenters. The second-order valence-corrected chi connectivity index (χ2v) is 8.44. The van der Waals surface area contributed by atoms with E-state index in [9.17, 15) is 14.4 Å². The minimum Gasteiger partial charge on any atom is -0.481 e. The molecule has 1 aromatic heterocycles. The molecule has 2 N–H and O–H groups in total. The Bertz CT molecular complexity index is 1190. The Hall–Kier alpha value is -4.14. The monoisotopic (exact) mass is 477 g/mol. The molecule has 0 saturated heterocycles. The van der Waals surface area contributed by atoms with Crippen LogP contribution < -0.4 is 5.32 Å². The first kappa shape index (κ1) is 24.0. The molecule has 35 heavy (non-hydrogen) atoms. The summed E-state index contributed by atoms with van der Waals surface area (Å²) in [5, 5.41) is 15.5. The third-order valence-electron chi connectivity index (χ3n) is 6.11. The van der Waals surface area contributed by atoms with E-state index < -0.39 is 23.9 Å². The molecule has 2 amide bonds. The number of carboxylic acids is 1. The van der Waals surface area contributed by atoms with Crippen molar-refractivity contribution in [2.75, 3.05) is 19.7 Å². The molecule has 1 heterocycles. The number of carbonyl (C=O) groups is 3. The van der Waals surface area contributed by atoms with Crippen molar-refractivity contribution >= 4 is 18.0 Å². The zero-order chi connectivity index (χ0) is 24.9. The SMILES string of the molecule is CCN(CC(C)C(=O)O)C(=O)c1cc(CNC(=O)OCC2c3ccccc3-c3ccccc32)on1. The van der Waals surface area contributed by atoms with E-state index in [0.717, 1.165) is 22.3 Å². The smallest absolute Gasteiger partial charge is 0.407 e. The van der Waals surface area contributed by atoms with Gasteiger partial charge in [0.25, 0.3) is 5.91 Å². The average Bonchev–Trinajstić information content (AvgIpc) is 3.47. The standard InChI is InChI=1S/C26H27N3O6/c1-3-29(14-16(2)25(31)32)24(30)23-12-17(35-28-23)13-27-26(33)34-15-22-20-10-6-4-8-18(20)19-9-5-7-11-21(19)22/h4-12,16,22H,3,13-15H2,1-2H3,(H,27,33)(H,31,32). The predicted octanol–water partition coefficient (Wildman–Crippen LogP) is 3.90. The third-order valence-corrected chi connectivity index (χ3v) is 6.11. The topological polar surface area (TPSA) is 122 Å². The second kappa shape index (κ2) is 10.4. The van der Waals surface area contributed by atoms with E-state index in [-0.39, 0.29) is 37.1 Å². The quantitative estimate of drug-likeness (QED) is 0.479. The second-order valence-electron chi connectivity index (χ2n) is 8.44. The molecule has 0 radical (unpaired) electrons. The average molecular weight is 478 g/mol. The first-order chi connectivity index (χ1) is 16.9. The minimum atomic E-state index is -0.982. The number of carbonyl (C=O) groups excluding carboxylic acids is 2. The Labute approximate surface area is 202 Å². The molecule has 1 aliphatic rings. The molecule has 1 atom stereocenters. The van der Waals surface area contributed by atoms with E-state index >= 15 is 0 Å². The van der Waals surface area contributed by atoms with Crippen LogP contribution in [0.5, 0.6) is 0 Å². The van der Waals surface area contributed by atoms with Gasteiger partial charge < -0.3 is 24.6 Å². The molecular weight excluding hydrogens is 450 g/mol. The van der Waals surface area contributed by atoms with Gasteiger partial charge in [-0.05, 0) is 29.2 Å². The molecule has 9 nitrogen and oxygen atoms in total. The molecule has 1 aliphatic carbocycles. The van der Waals surface area contributed by atoms with Crippen LogP contribution in [0.25, 0.3) is 11.1 Å². The molecule has 3 aromatic rings. The Kier molecular flexibility index (Phi) is 7.14. The number of aliphatic carboxylic acids is 1. The maximum Gasteiger partial charge on any atom is 0.407 e. The van der Waals surface area contributed by atoms with E-state index in [1.807, 2.05) is 36.4 Å². The number of aromatic nitrogens is 1. The van der Waals surface area contributed by atoms with Crippen molar-refractivity contribution in [3.05, 3.63) is 77.2 Å². The summed E-state index contributed by atoms with van der Waals surface area (Å²) in [6, 6.07) is 17.6.